The third-order valence-electron chi connectivity index (χ3n) is 11.5. The number of halogens is 3. The summed E-state index contributed by atoms with van der Waals surface area (Å²) in [6.07, 6.45) is 13.9. The molecule has 12 heteroatoms. The van der Waals surface area contributed by atoms with E-state index in [1.165, 1.54) is 58.6 Å². The molecule has 2 aliphatic heterocycles. The van der Waals surface area contributed by atoms with Gasteiger partial charge in [0, 0.05) is 18.4 Å². The number of methoxy groups -OCH3 is 1. The van der Waals surface area contributed by atoms with Crippen molar-refractivity contribution in [1.82, 2.24) is 4.90 Å². The van der Waals surface area contributed by atoms with Gasteiger partial charge in [0.1, 0.15) is 11.4 Å². The maximum absolute atomic E-state index is 13.8. The van der Waals surface area contributed by atoms with E-state index >= 15 is 0 Å². The molecule has 0 saturated carbocycles. The van der Waals surface area contributed by atoms with Crippen molar-refractivity contribution < 1.29 is 51.2 Å². The summed E-state index contributed by atoms with van der Waals surface area (Å²) < 4.78 is 70.2. The molecule has 2 heterocycles. The largest absolute Gasteiger partial charge is 0.493 e. The van der Waals surface area contributed by atoms with Crippen LogP contribution in [0.2, 0.25) is 0 Å². The van der Waals surface area contributed by atoms with Crippen LogP contribution < -0.4 is 9.47 Å². The number of carbonyl (C=O) groups excluding carboxylic acids is 3. The van der Waals surface area contributed by atoms with Crippen LogP contribution in [0.5, 0.6) is 11.5 Å². The quantitative estimate of drug-likeness (QED) is 0.0562. The Kier molecular flexibility index (Phi) is 13.6. The van der Waals surface area contributed by atoms with E-state index in [4.69, 9.17) is 23.7 Å². The molecule has 1 aromatic carbocycles. The Balaban J connectivity index is 1.15. The number of hydrogen-bond acceptors (Lipinski definition) is 9. The Bertz CT molecular complexity index is 1520. The summed E-state index contributed by atoms with van der Waals surface area (Å²) in [4.78, 5) is 40.5. The molecule has 1 unspecified atom stereocenters. The molecule has 0 amide bonds. The number of ether oxygens (including phenoxy) is 5. The maximum atomic E-state index is 13.8. The number of nitrogens with zero attached hydrogens (tertiary/aromatic N) is 1. The lowest BCUT2D eigenvalue weighted by molar-refractivity contribution is -0.242. The van der Waals surface area contributed by atoms with Crippen molar-refractivity contribution in [2.75, 3.05) is 20.7 Å². The molecule has 9 nitrogen and oxygen atoms in total. The van der Waals surface area contributed by atoms with E-state index in [2.05, 4.69) is 19.1 Å². The molecule has 0 aromatic heterocycles. The lowest BCUT2D eigenvalue weighted by Crippen LogP contribution is -2.76. The van der Waals surface area contributed by atoms with E-state index in [1.807, 2.05) is 11.0 Å². The second kappa shape index (κ2) is 17.7. The molecule has 0 radical (unpaired) electrons. The standard InChI is InChI=1S/C41H56F3NO8/c1-5-6-7-8-9-10-11-12-13-14-15-16-17-18-19-20-33(46)50-28(2)37(47)51-31-23-24-40(53-38(48)41(42,43)44)32-27-29-21-22-30(49-4)35-34(29)39(40,36(31)52-35)25-26-45(32)3/h12-13,21-23,28,32,36H,5-11,14-20,24-27H2,1-4H3/b13-12-/t28-,32?,36-,39-,40+/m0/s1. The summed E-state index contributed by atoms with van der Waals surface area (Å²) in [6, 6.07) is 2.99. The fourth-order valence-corrected chi connectivity index (χ4v) is 8.82. The zero-order valence-electron chi connectivity index (χ0n) is 31.7. The van der Waals surface area contributed by atoms with E-state index < -0.39 is 53.4 Å². The molecule has 294 valence electrons. The molecule has 1 fully saturated rings. The minimum atomic E-state index is -5.22. The highest BCUT2D eigenvalue weighted by Gasteiger charge is 2.75. The molecule has 0 N–H and O–H groups in total. The third kappa shape index (κ3) is 8.57. The molecule has 53 heavy (non-hydrogen) atoms. The van der Waals surface area contributed by atoms with Gasteiger partial charge >= 0.3 is 24.1 Å². The molecule has 5 rings (SSSR count). The lowest BCUT2D eigenvalue weighted by atomic mass is 9.50. The highest BCUT2D eigenvalue weighted by molar-refractivity contribution is 5.80. The van der Waals surface area contributed by atoms with Crippen LogP contribution in [0, 0.1) is 0 Å². The molecule has 4 aliphatic rings. The molecular formula is C41H56F3NO8. The third-order valence-corrected chi connectivity index (χ3v) is 11.5. The van der Waals surface area contributed by atoms with Crippen LogP contribution in [0.3, 0.4) is 0 Å². The number of rotatable bonds is 20. The first-order chi connectivity index (χ1) is 25.4. The number of likely N-dealkylation sites (N-methyl/N-ethyl adjacent to an activating group) is 1. The Morgan fingerprint density at radius 3 is 2.32 bits per heavy atom. The Morgan fingerprint density at radius 2 is 1.66 bits per heavy atom. The maximum Gasteiger partial charge on any atom is 0.490 e. The van der Waals surface area contributed by atoms with Gasteiger partial charge in [-0.15, -0.1) is 0 Å². The first-order valence-corrected chi connectivity index (χ1v) is 19.5. The normalized spacial score (nSPS) is 24.9. The van der Waals surface area contributed by atoms with Crippen LogP contribution in [0.4, 0.5) is 13.2 Å². The number of allylic oxidation sites excluding steroid dienone is 2. The molecule has 2 bridgehead atoms. The fraction of sp³-hybridized carbons (Fsp3) is 0.683. The smallest absolute Gasteiger partial charge is 0.490 e. The van der Waals surface area contributed by atoms with E-state index in [-0.39, 0.29) is 25.0 Å². The van der Waals surface area contributed by atoms with Gasteiger partial charge in [0.15, 0.2) is 23.7 Å². The average molecular weight is 748 g/mol. The first-order valence-electron chi connectivity index (χ1n) is 19.5. The fourth-order valence-electron chi connectivity index (χ4n) is 8.82. The molecular weight excluding hydrogens is 691 g/mol. The van der Waals surface area contributed by atoms with E-state index in [0.29, 0.717) is 36.4 Å². The van der Waals surface area contributed by atoms with E-state index in [0.717, 1.165) is 44.1 Å². The summed E-state index contributed by atoms with van der Waals surface area (Å²) in [7, 11) is 3.26. The average Bonchev–Trinajstić information content (AvgIpc) is 3.48. The number of carbonyl (C=O) groups is 3. The predicted octanol–water partition coefficient (Wildman–Crippen LogP) is 8.60. The zero-order valence-corrected chi connectivity index (χ0v) is 31.7. The van der Waals surface area contributed by atoms with Crippen LogP contribution in [0.15, 0.2) is 36.1 Å². The lowest BCUT2D eigenvalue weighted by Gasteiger charge is -2.62. The molecule has 1 aromatic rings. The topological polar surface area (TPSA) is 101 Å². The van der Waals surface area contributed by atoms with Gasteiger partial charge in [0.2, 0.25) is 0 Å². The van der Waals surface area contributed by atoms with Crippen LogP contribution in [0.25, 0.3) is 0 Å². The number of unbranched alkanes of at least 4 members (excludes halogenated alkanes) is 11. The van der Waals surface area contributed by atoms with Gasteiger partial charge in [-0.25, -0.2) is 9.59 Å². The van der Waals surface area contributed by atoms with Crippen molar-refractivity contribution >= 4 is 17.9 Å². The minimum absolute atomic E-state index is 0.0724. The SMILES string of the molecule is CCCCCCCC/C=C\CCCCCCCC(=O)O[C@@H](C)C(=O)OC1=CC[C@@]2(OC(=O)C(F)(F)F)C3Cc4ccc(OC)c5c4[C@@]2(CCN3C)[C@H]1O5. The predicted molar refractivity (Wildman–Crippen MR) is 193 cm³/mol. The number of alkyl halides is 3. The number of benzene rings is 1. The summed E-state index contributed by atoms with van der Waals surface area (Å²) in [6.45, 7) is 4.13. The van der Waals surface area contributed by atoms with Gasteiger partial charge in [-0.1, -0.05) is 76.5 Å². The first kappa shape index (κ1) is 40.6. The van der Waals surface area contributed by atoms with Crippen molar-refractivity contribution in [3.63, 3.8) is 0 Å². The highest BCUT2D eigenvalue weighted by Crippen LogP contribution is 2.66. The second-order valence-electron chi connectivity index (χ2n) is 15.0. The van der Waals surface area contributed by atoms with Crippen LogP contribution in [-0.2, 0) is 40.4 Å². The molecule has 1 spiro atoms. The number of piperidine rings is 1. The molecule has 1 saturated heterocycles. The molecule has 5 atom stereocenters. The summed E-state index contributed by atoms with van der Waals surface area (Å²) >= 11 is 0. The van der Waals surface area contributed by atoms with Gasteiger partial charge in [-0.3, -0.25) is 9.69 Å². The zero-order chi connectivity index (χ0) is 38.2. The van der Waals surface area contributed by atoms with Crippen LogP contribution in [-0.4, -0.2) is 73.5 Å². The van der Waals surface area contributed by atoms with E-state index in [9.17, 15) is 27.6 Å². The van der Waals surface area contributed by atoms with E-state index in [1.54, 1.807) is 13.1 Å². The van der Waals surface area contributed by atoms with Gasteiger partial charge < -0.3 is 23.7 Å². The van der Waals surface area contributed by atoms with Gasteiger partial charge in [0.25, 0.3) is 0 Å². The Labute approximate surface area is 311 Å². The van der Waals surface area contributed by atoms with Gasteiger partial charge in [-0.2, -0.15) is 13.2 Å². The Morgan fingerprint density at radius 1 is 1.00 bits per heavy atom. The number of hydrogen-bond donors (Lipinski definition) is 0. The van der Waals surface area contributed by atoms with Gasteiger partial charge in [0.05, 0.1) is 18.6 Å². The highest BCUT2D eigenvalue weighted by atomic mass is 19.4. The monoisotopic (exact) mass is 747 g/mol. The minimum Gasteiger partial charge on any atom is -0.493 e. The van der Waals surface area contributed by atoms with Crippen molar-refractivity contribution in [2.45, 2.75) is 158 Å². The van der Waals surface area contributed by atoms with Crippen molar-refractivity contribution in [1.29, 1.82) is 0 Å². The summed E-state index contributed by atoms with van der Waals surface area (Å²) in [5.41, 5.74) is -1.51. The second-order valence-corrected chi connectivity index (χ2v) is 15.0. The van der Waals surface area contributed by atoms with Crippen molar-refractivity contribution in [3.05, 3.63) is 47.2 Å². The number of esters is 3. The summed E-state index contributed by atoms with van der Waals surface area (Å²) in [5, 5.41) is 0. The van der Waals surface area contributed by atoms with Gasteiger partial charge in [-0.05, 0) is 83.2 Å². The van der Waals surface area contributed by atoms with Crippen LogP contribution >= 0.6 is 0 Å². The van der Waals surface area contributed by atoms with Crippen LogP contribution in [0.1, 0.15) is 128 Å². The molecule has 2 aliphatic carbocycles. The summed E-state index contributed by atoms with van der Waals surface area (Å²) in [5.74, 6) is -2.86. The Hall–Kier alpha value is -3.54. The van der Waals surface area contributed by atoms with Crippen molar-refractivity contribution in [3.8, 4) is 11.5 Å². The van der Waals surface area contributed by atoms with Crippen molar-refractivity contribution in [2.24, 2.45) is 0 Å². The number of likely N-dealkylation sites (tertiary alicyclic amines) is 1.